The number of carbonyl (C=O) groups is 1. The number of fused-ring (bicyclic) bond motifs is 1. The van der Waals surface area contributed by atoms with E-state index in [-0.39, 0.29) is 5.91 Å². The SMILES string of the molecule is COc1ccc(-c2nc3ccccc3o2)cc1NC(=O)c1cccc(OCc2ccccc2)c1. The van der Waals surface area contributed by atoms with Crippen molar-refractivity contribution >= 4 is 22.7 Å². The zero-order valence-corrected chi connectivity index (χ0v) is 18.5. The predicted molar refractivity (Wildman–Crippen MR) is 131 cm³/mol. The van der Waals surface area contributed by atoms with E-state index >= 15 is 0 Å². The first-order valence-electron chi connectivity index (χ1n) is 10.8. The highest BCUT2D eigenvalue weighted by atomic mass is 16.5. The monoisotopic (exact) mass is 450 g/mol. The van der Waals surface area contributed by atoms with Gasteiger partial charge in [-0.2, -0.15) is 0 Å². The topological polar surface area (TPSA) is 73.6 Å². The smallest absolute Gasteiger partial charge is 0.255 e. The number of hydrogen-bond donors (Lipinski definition) is 1. The van der Waals surface area contributed by atoms with Crippen molar-refractivity contribution in [1.29, 1.82) is 0 Å². The summed E-state index contributed by atoms with van der Waals surface area (Å²) in [7, 11) is 1.56. The van der Waals surface area contributed by atoms with Crippen LogP contribution in [0.4, 0.5) is 5.69 Å². The maximum absolute atomic E-state index is 13.0. The van der Waals surface area contributed by atoms with E-state index in [0.717, 1.165) is 16.6 Å². The van der Waals surface area contributed by atoms with E-state index in [4.69, 9.17) is 13.9 Å². The maximum atomic E-state index is 13.0. The van der Waals surface area contributed by atoms with Gasteiger partial charge in [-0.05, 0) is 54.1 Å². The molecular weight excluding hydrogens is 428 g/mol. The van der Waals surface area contributed by atoms with E-state index in [1.165, 1.54) is 0 Å². The zero-order valence-electron chi connectivity index (χ0n) is 18.5. The minimum absolute atomic E-state index is 0.279. The summed E-state index contributed by atoms with van der Waals surface area (Å²) in [5.74, 6) is 1.34. The summed E-state index contributed by atoms with van der Waals surface area (Å²) in [4.78, 5) is 17.6. The normalized spacial score (nSPS) is 10.7. The first-order valence-corrected chi connectivity index (χ1v) is 10.8. The molecule has 0 atom stereocenters. The Balaban J connectivity index is 1.36. The van der Waals surface area contributed by atoms with E-state index in [1.807, 2.05) is 66.7 Å². The van der Waals surface area contributed by atoms with Crippen LogP contribution in [0.3, 0.4) is 0 Å². The standard InChI is InChI=1S/C28H22N2O4/c1-32-25-15-14-21(28-30-23-12-5-6-13-26(23)34-28)17-24(25)29-27(31)20-10-7-11-22(16-20)33-18-19-8-3-2-4-9-19/h2-17H,18H2,1H3,(H,29,31). The fraction of sp³-hybridized carbons (Fsp3) is 0.0714. The van der Waals surface area contributed by atoms with Crippen molar-refractivity contribution in [3.8, 4) is 23.0 Å². The number of amides is 1. The van der Waals surface area contributed by atoms with Crippen LogP contribution in [0.15, 0.2) is 101 Å². The molecule has 0 aliphatic carbocycles. The first-order chi connectivity index (χ1) is 16.7. The van der Waals surface area contributed by atoms with Gasteiger partial charge in [0.25, 0.3) is 5.91 Å². The quantitative estimate of drug-likeness (QED) is 0.313. The summed E-state index contributed by atoms with van der Waals surface area (Å²) in [5.41, 5.74) is 4.24. The fourth-order valence-electron chi connectivity index (χ4n) is 3.60. The second-order valence-electron chi connectivity index (χ2n) is 7.66. The molecule has 0 aliphatic rings. The highest BCUT2D eigenvalue weighted by Gasteiger charge is 2.15. The molecule has 1 heterocycles. The molecule has 6 nitrogen and oxygen atoms in total. The van der Waals surface area contributed by atoms with Gasteiger partial charge in [-0.1, -0.05) is 48.5 Å². The van der Waals surface area contributed by atoms with Crippen LogP contribution in [0.5, 0.6) is 11.5 Å². The Morgan fingerprint density at radius 1 is 0.912 bits per heavy atom. The van der Waals surface area contributed by atoms with Crippen molar-refractivity contribution in [2.45, 2.75) is 6.61 Å². The van der Waals surface area contributed by atoms with Crippen LogP contribution in [-0.4, -0.2) is 18.0 Å². The average molecular weight is 450 g/mol. The Bertz CT molecular complexity index is 1410. The molecule has 0 saturated carbocycles. The van der Waals surface area contributed by atoms with Gasteiger partial charge in [0.2, 0.25) is 5.89 Å². The Labute approximate surface area is 196 Å². The number of hydrogen-bond acceptors (Lipinski definition) is 5. The number of para-hydroxylation sites is 2. The summed E-state index contributed by atoms with van der Waals surface area (Å²) in [6.07, 6.45) is 0. The van der Waals surface area contributed by atoms with Gasteiger partial charge in [0.05, 0.1) is 12.8 Å². The number of nitrogens with zero attached hydrogens (tertiary/aromatic N) is 1. The molecule has 0 radical (unpaired) electrons. The molecular formula is C28H22N2O4. The molecule has 0 unspecified atom stereocenters. The Kier molecular flexibility index (Phi) is 5.95. The fourth-order valence-corrected chi connectivity index (χ4v) is 3.60. The van der Waals surface area contributed by atoms with Crippen LogP contribution in [0.25, 0.3) is 22.6 Å². The van der Waals surface area contributed by atoms with Gasteiger partial charge >= 0.3 is 0 Å². The molecule has 34 heavy (non-hydrogen) atoms. The second kappa shape index (κ2) is 9.50. The average Bonchev–Trinajstić information content (AvgIpc) is 3.33. The molecule has 0 fully saturated rings. The van der Waals surface area contributed by atoms with Crippen LogP contribution in [0, 0.1) is 0 Å². The van der Waals surface area contributed by atoms with E-state index in [9.17, 15) is 4.79 Å². The number of benzene rings is 4. The summed E-state index contributed by atoms with van der Waals surface area (Å²) < 4.78 is 17.2. The third-order valence-electron chi connectivity index (χ3n) is 5.33. The molecule has 1 amide bonds. The summed E-state index contributed by atoms with van der Waals surface area (Å²) in [5, 5.41) is 2.93. The van der Waals surface area contributed by atoms with Gasteiger partial charge in [0.15, 0.2) is 5.58 Å². The van der Waals surface area contributed by atoms with Crippen molar-refractivity contribution in [2.24, 2.45) is 0 Å². The lowest BCUT2D eigenvalue weighted by Gasteiger charge is -2.12. The zero-order chi connectivity index (χ0) is 23.3. The largest absolute Gasteiger partial charge is 0.495 e. The lowest BCUT2D eigenvalue weighted by atomic mass is 10.1. The van der Waals surface area contributed by atoms with Crippen molar-refractivity contribution in [3.63, 3.8) is 0 Å². The third kappa shape index (κ3) is 4.61. The van der Waals surface area contributed by atoms with Gasteiger partial charge in [-0.25, -0.2) is 4.98 Å². The number of anilines is 1. The van der Waals surface area contributed by atoms with E-state index in [0.29, 0.717) is 40.8 Å². The Morgan fingerprint density at radius 3 is 2.56 bits per heavy atom. The van der Waals surface area contributed by atoms with Gasteiger partial charge < -0.3 is 19.2 Å². The predicted octanol–water partition coefficient (Wildman–Crippen LogP) is 6.33. The number of ether oxygens (including phenoxy) is 2. The highest BCUT2D eigenvalue weighted by Crippen LogP contribution is 2.32. The molecule has 4 aromatic carbocycles. The first kappa shape index (κ1) is 21.3. The van der Waals surface area contributed by atoms with Crippen LogP contribution in [0.1, 0.15) is 15.9 Å². The van der Waals surface area contributed by atoms with Crippen molar-refractivity contribution in [3.05, 3.63) is 108 Å². The molecule has 0 aliphatic heterocycles. The molecule has 1 N–H and O–H groups in total. The van der Waals surface area contributed by atoms with Gasteiger partial charge in [0.1, 0.15) is 23.6 Å². The lowest BCUT2D eigenvalue weighted by Crippen LogP contribution is -2.13. The van der Waals surface area contributed by atoms with Crippen LogP contribution < -0.4 is 14.8 Å². The number of carbonyl (C=O) groups excluding carboxylic acids is 1. The molecule has 0 bridgehead atoms. The van der Waals surface area contributed by atoms with Gasteiger partial charge in [-0.3, -0.25) is 4.79 Å². The molecule has 0 spiro atoms. The number of aromatic nitrogens is 1. The third-order valence-corrected chi connectivity index (χ3v) is 5.33. The van der Waals surface area contributed by atoms with Crippen LogP contribution in [-0.2, 0) is 6.61 Å². The second-order valence-corrected chi connectivity index (χ2v) is 7.66. The summed E-state index contributed by atoms with van der Waals surface area (Å²) in [6.45, 7) is 0.423. The van der Waals surface area contributed by atoms with E-state index in [2.05, 4.69) is 10.3 Å². The number of oxazole rings is 1. The number of nitrogens with one attached hydrogen (secondary N) is 1. The Morgan fingerprint density at radius 2 is 1.74 bits per heavy atom. The molecule has 5 aromatic rings. The van der Waals surface area contributed by atoms with Gasteiger partial charge in [0, 0.05) is 11.1 Å². The molecule has 5 rings (SSSR count). The van der Waals surface area contributed by atoms with Gasteiger partial charge in [-0.15, -0.1) is 0 Å². The van der Waals surface area contributed by atoms with Crippen LogP contribution >= 0.6 is 0 Å². The minimum Gasteiger partial charge on any atom is -0.495 e. The van der Waals surface area contributed by atoms with E-state index < -0.39 is 0 Å². The summed E-state index contributed by atoms with van der Waals surface area (Å²) >= 11 is 0. The Hall–Kier alpha value is -4.58. The summed E-state index contributed by atoms with van der Waals surface area (Å²) in [6, 6.07) is 29.9. The maximum Gasteiger partial charge on any atom is 0.255 e. The molecule has 6 heteroatoms. The molecule has 1 aromatic heterocycles. The van der Waals surface area contributed by atoms with Crippen molar-refractivity contribution in [2.75, 3.05) is 12.4 Å². The molecule has 168 valence electrons. The van der Waals surface area contributed by atoms with E-state index in [1.54, 1.807) is 37.4 Å². The highest BCUT2D eigenvalue weighted by molar-refractivity contribution is 6.05. The van der Waals surface area contributed by atoms with Crippen LogP contribution in [0.2, 0.25) is 0 Å². The molecule has 0 saturated heterocycles. The number of rotatable bonds is 7. The van der Waals surface area contributed by atoms with Crippen molar-refractivity contribution < 1.29 is 18.7 Å². The number of methoxy groups -OCH3 is 1. The lowest BCUT2D eigenvalue weighted by molar-refractivity contribution is 0.102. The minimum atomic E-state index is -0.279. The van der Waals surface area contributed by atoms with Crippen molar-refractivity contribution in [1.82, 2.24) is 4.98 Å².